The molecule has 0 unspecified atom stereocenters. The van der Waals surface area contributed by atoms with Gasteiger partial charge in [-0.2, -0.15) is 0 Å². The van der Waals surface area contributed by atoms with Crippen LogP contribution < -0.4 is 4.72 Å². The van der Waals surface area contributed by atoms with E-state index in [0.717, 1.165) is 17.7 Å². The van der Waals surface area contributed by atoms with Gasteiger partial charge in [0.2, 0.25) is 10.0 Å². The lowest BCUT2D eigenvalue weighted by atomic mass is 10.2. The molecule has 0 aliphatic rings. The first-order chi connectivity index (χ1) is 9.81. The van der Waals surface area contributed by atoms with Gasteiger partial charge in [0, 0.05) is 12.1 Å². The van der Waals surface area contributed by atoms with Crippen LogP contribution in [0, 0.1) is 24.4 Å². The minimum absolute atomic E-state index is 0.0190. The third-order valence-electron chi connectivity index (χ3n) is 2.87. The van der Waals surface area contributed by atoms with E-state index in [0.29, 0.717) is 0 Å². The highest BCUT2D eigenvalue weighted by Gasteiger charge is 2.17. The third kappa shape index (κ3) is 3.43. The number of halogens is 3. The Labute approximate surface area is 120 Å². The van der Waals surface area contributed by atoms with Gasteiger partial charge in [-0.15, -0.1) is 0 Å². The van der Waals surface area contributed by atoms with E-state index in [2.05, 4.69) is 4.72 Å². The Kier molecular flexibility index (Phi) is 4.34. The van der Waals surface area contributed by atoms with Gasteiger partial charge < -0.3 is 0 Å². The summed E-state index contributed by atoms with van der Waals surface area (Å²) in [6.45, 7) is 1.26. The van der Waals surface area contributed by atoms with Gasteiger partial charge in [-0.1, -0.05) is 18.2 Å². The van der Waals surface area contributed by atoms with E-state index >= 15 is 0 Å². The Balaban J connectivity index is 2.22. The second kappa shape index (κ2) is 5.87. The molecule has 3 nitrogen and oxygen atoms in total. The average Bonchev–Trinajstić information content (AvgIpc) is 2.44. The molecule has 0 aromatic heterocycles. The van der Waals surface area contributed by atoms with Crippen molar-refractivity contribution < 1.29 is 21.6 Å². The number of sulfonamides is 1. The lowest BCUT2D eigenvalue weighted by Gasteiger charge is -2.09. The van der Waals surface area contributed by atoms with E-state index in [1.54, 1.807) is 19.1 Å². The third-order valence-corrected chi connectivity index (χ3v) is 4.27. The van der Waals surface area contributed by atoms with Crippen molar-refractivity contribution in [3.8, 4) is 0 Å². The van der Waals surface area contributed by atoms with Gasteiger partial charge in [0.25, 0.3) is 0 Å². The monoisotopic (exact) mass is 315 g/mol. The van der Waals surface area contributed by atoms with Gasteiger partial charge in [0.1, 0.15) is 0 Å². The maximum absolute atomic E-state index is 13.5. The van der Waals surface area contributed by atoms with Crippen LogP contribution in [0.1, 0.15) is 11.1 Å². The first kappa shape index (κ1) is 15.5. The van der Waals surface area contributed by atoms with E-state index in [1.807, 2.05) is 0 Å². The van der Waals surface area contributed by atoms with E-state index < -0.39 is 34.0 Å². The summed E-state index contributed by atoms with van der Waals surface area (Å²) in [6, 6.07) is 7.87. The zero-order chi connectivity index (χ0) is 15.6. The Morgan fingerprint density at radius 3 is 2.43 bits per heavy atom. The summed E-state index contributed by atoms with van der Waals surface area (Å²) >= 11 is 0. The summed E-state index contributed by atoms with van der Waals surface area (Å²) in [5, 5.41) is 0. The highest BCUT2D eigenvalue weighted by Crippen LogP contribution is 2.16. The first-order valence-corrected chi connectivity index (χ1v) is 7.48. The standard InChI is InChI=1S/C14H12F3NO2S/c1-9-3-2-4-11(7-9)21(19,20)18-8-10-5-6-12(15)14(17)13(10)16/h2-7,18H,8H2,1H3. The maximum Gasteiger partial charge on any atom is 0.240 e. The van der Waals surface area contributed by atoms with Gasteiger partial charge in [-0.05, 0) is 30.7 Å². The number of aryl methyl sites for hydroxylation is 1. The molecule has 0 saturated heterocycles. The molecule has 2 aromatic rings. The van der Waals surface area contributed by atoms with Crippen molar-refractivity contribution in [1.82, 2.24) is 4.72 Å². The Morgan fingerprint density at radius 2 is 1.76 bits per heavy atom. The number of hydrogen-bond donors (Lipinski definition) is 1. The van der Waals surface area contributed by atoms with E-state index in [9.17, 15) is 21.6 Å². The lowest BCUT2D eigenvalue weighted by Crippen LogP contribution is -2.24. The second-order valence-corrected chi connectivity index (χ2v) is 6.24. The molecule has 2 aromatic carbocycles. The first-order valence-electron chi connectivity index (χ1n) is 6.00. The van der Waals surface area contributed by atoms with Gasteiger partial charge in [0.05, 0.1) is 4.90 Å². The minimum Gasteiger partial charge on any atom is -0.207 e. The molecule has 0 amide bonds. The van der Waals surface area contributed by atoms with E-state index in [4.69, 9.17) is 0 Å². The molecule has 1 N–H and O–H groups in total. The molecule has 0 spiro atoms. The predicted molar refractivity (Wildman–Crippen MR) is 71.5 cm³/mol. The van der Waals surface area contributed by atoms with Crippen LogP contribution in [0.5, 0.6) is 0 Å². The molecule has 0 radical (unpaired) electrons. The molecule has 0 heterocycles. The van der Waals surface area contributed by atoms with Gasteiger partial charge >= 0.3 is 0 Å². The molecular weight excluding hydrogens is 303 g/mol. The Morgan fingerprint density at radius 1 is 1.05 bits per heavy atom. The van der Waals surface area contributed by atoms with Crippen LogP contribution in [-0.2, 0) is 16.6 Å². The molecule has 0 aliphatic carbocycles. The molecule has 0 fully saturated rings. The molecule has 0 bridgehead atoms. The van der Waals surface area contributed by atoms with Gasteiger partial charge in [-0.25, -0.2) is 26.3 Å². The van der Waals surface area contributed by atoms with Crippen molar-refractivity contribution in [3.63, 3.8) is 0 Å². The lowest BCUT2D eigenvalue weighted by molar-refractivity contribution is 0.440. The van der Waals surface area contributed by atoms with Crippen molar-refractivity contribution in [2.24, 2.45) is 0 Å². The molecule has 0 aliphatic heterocycles. The Bertz CT molecular complexity index is 776. The zero-order valence-corrected chi connectivity index (χ0v) is 11.8. The molecule has 0 atom stereocenters. The SMILES string of the molecule is Cc1cccc(S(=O)(=O)NCc2ccc(F)c(F)c2F)c1. The summed E-state index contributed by atoms with van der Waals surface area (Å²) in [6.07, 6.45) is 0. The highest BCUT2D eigenvalue weighted by atomic mass is 32.2. The molecule has 2 rings (SSSR count). The fourth-order valence-corrected chi connectivity index (χ4v) is 2.85. The fraction of sp³-hybridized carbons (Fsp3) is 0.143. The number of nitrogens with one attached hydrogen (secondary N) is 1. The number of benzene rings is 2. The molecule has 7 heteroatoms. The number of hydrogen-bond acceptors (Lipinski definition) is 2. The van der Waals surface area contributed by atoms with Crippen LogP contribution in [0.25, 0.3) is 0 Å². The Hall–Kier alpha value is -1.86. The van der Waals surface area contributed by atoms with Crippen LogP contribution in [0.4, 0.5) is 13.2 Å². The van der Waals surface area contributed by atoms with Gasteiger partial charge in [-0.3, -0.25) is 0 Å². The molecule has 21 heavy (non-hydrogen) atoms. The van der Waals surface area contributed by atoms with Crippen LogP contribution in [-0.4, -0.2) is 8.42 Å². The molecular formula is C14H12F3NO2S. The quantitative estimate of drug-likeness (QED) is 0.882. The van der Waals surface area contributed by atoms with Crippen LogP contribution in [0.2, 0.25) is 0 Å². The predicted octanol–water partition coefficient (Wildman–Crippen LogP) is 2.89. The normalized spacial score (nSPS) is 11.6. The molecule has 112 valence electrons. The smallest absolute Gasteiger partial charge is 0.207 e. The van der Waals surface area contributed by atoms with Crippen molar-refractivity contribution in [2.45, 2.75) is 18.4 Å². The summed E-state index contributed by atoms with van der Waals surface area (Å²) in [7, 11) is -3.85. The fourth-order valence-electron chi connectivity index (χ4n) is 1.74. The summed E-state index contributed by atoms with van der Waals surface area (Å²) in [5.41, 5.74) is 0.474. The topological polar surface area (TPSA) is 46.2 Å². The van der Waals surface area contributed by atoms with Crippen LogP contribution in [0.15, 0.2) is 41.3 Å². The molecule has 0 saturated carbocycles. The zero-order valence-electron chi connectivity index (χ0n) is 11.0. The van der Waals surface area contributed by atoms with E-state index in [1.165, 1.54) is 12.1 Å². The number of rotatable bonds is 4. The second-order valence-electron chi connectivity index (χ2n) is 4.48. The van der Waals surface area contributed by atoms with Gasteiger partial charge in [0.15, 0.2) is 17.5 Å². The van der Waals surface area contributed by atoms with Crippen LogP contribution in [0.3, 0.4) is 0 Å². The van der Waals surface area contributed by atoms with Crippen molar-refractivity contribution in [3.05, 3.63) is 65.0 Å². The summed E-state index contributed by atoms with van der Waals surface area (Å²) in [5.74, 6) is -4.35. The van der Waals surface area contributed by atoms with Crippen molar-refractivity contribution >= 4 is 10.0 Å². The van der Waals surface area contributed by atoms with Crippen molar-refractivity contribution in [1.29, 1.82) is 0 Å². The highest BCUT2D eigenvalue weighted by molar-refractivity contribution is 7.89. The summed E-state index contributed by atoms with van der Waals surface area (Å²) in [4.78, 5) is 0.0190. The van der Waals surface area contributed by atoms with Crippen molar-refractivity contribution in [2.75, 3.05) is 0 Å². The van der Waals surface area contributed by atoms with E-state index in [-0.39, 0.29) is 10.5 Å². The van der Waals surface area contributed by atoms with Crippen LogP contribution >= 0.6 is 0 Å². The minimum atomic E-state index is -3.85. The average molecular weight is 315 g/mol. The maximum atomic E-state index is 13.5. The largest absolute Gasteiger partial charge is 0.240 e. The summed E-state index contributed by atoms with van der Waals surface area (Å²) < 4.78 is 65.5.